The zero-order valence-corrected chi connectivity index (χ0v) is 9.86. The predicted octanol–water partition coefficient (Wildman–Crippen LogP) is 1.96. The van der Waals surface area contributed by atoms with Gasteiger partial charge in [0.2, 0.25) is 0 Å². The van der Waals surface area contributed by atoms with Gasteiger partial charge in [-0.25, -0.2) is 0 Å². The topological polar surface area (TPSA) is 68.0 Å². The molecule has 0 atom stereocenters. The zero-order chi connectivity index (χ0) is 12.3. The summed E-state index contributed by atoms with van der Waals surface area (Å²) in [5.74, 6) is 0.406. The zero-order valence-electron chi connectivity index (χ0n) is 9.11. The van der Waals surface area contributed by atoms with Gasteiger partial charge >= 0.3 is 0 Å². The van der Waals surface area contributed by atoms with Crippen molar-refractivity contribution in [2.24, 2.45) is 0 Å². The fraction of sp³-hybridized carbons (Fsp3) is 0.182. The number of nitrogens with zero attached hydrogens (tertiary/aromatic N) is 2. The molecule has 0 saturated heterocycles. The van der Waals surface area contributed by atoms with Crippen molar-refractivity contribution in [1.29, 1.82) is 0 Å². The number of rotatable bonds is 3. The van der Waals surface area contributed by atoms with Gasteiger partial charge < -0.3 is 9.84 Å². The third kappa shape index (κ3) is 3.04. The van der Waals surface area contributed by atoms with Crippen molar-refractivity contribution < 1.29 is 9.32 Å². The van der Waals surface area contributed by atoms with Gasteiger partial charge in [-0.05, 0) is 19.1 Å². The van der Waals surface area contributed by atoms with E-state index < -0.39 is 0 Å². The van der Waals surface area contributed by atoms with Crippen molar-refractivity contribution >= 4 is 17.5 Å². The Kier molecular flexibility index (Phi) is 3.39. The number of hydrogen-bond donors (Lipinski definition) is 1. The molecule has 2 aromatic rings. The van der Waals surface area contributed by atoms with Crippen molar-refractivity contribution in [2.75, 3.05) is 0 Å². The lowest BCUT2D eigenvalue weighted by Crippen LogP contribution is -2.23. The van der Waals surface area contributed by atoms with Crippen LogP contribution in [0.25, 0.3) is 0 Å². The van der Waals surface area contributed by atoms with Crippen LogP contribution in [0.15, 0.2) is 28.9 Å². The van der Waals surface area contributed by atoms with Crippen LogP contribution in [-0.4, -0.2) is 16.0 Å². The van der Waals surface area contributed by atoms with Gasteiger partial charge in [0, 0.05) is 17.3 Å². The minimum Gasteiger partial charge on any atom is -0.361 e. The van der Waals surface area contributed by atoms with Gasteiger partial charge in [0.1, 0.15) is 17.1 Å². The lowest BCUT2D eigenvalue weighted by atomic mass is 10.3. The minimum atomic E-state index is -0.298. The molecule has 88 valence electrons. The van der Waals surface area contributed by atoms with Crippen molar-refractivity contribution in [1.82, 2.24) is 15.5 Å². The molecule has 1 N–H and O–H groups in total. The number of hydrogen-bond acceptors (Lipinski definition) is 4. The van der Waals surface area contributed by atoms with Crippen molar-refractivity contribution in [3.63, 3.8) is 0 Å². The highest BCUT2D eigenvalue weighted by molar-refractivity contribution is 6.30. The van der Waals surface area contributed by atoms with E-state index >= 15 is 0 Å². The molecule has 2 aromatic heterocycles. The molecule has 0 radical (unpaired) electrons. The minimum absolute atomic E-state index is 0.276. The number of aryl methyl sites for hydroxylation is 1. The molecule has 2 rings (SSSR count). The van der Waals surface area contributed by atoms with Crippen LogP contribution in [0.5, 0.6) is 0 Å². The second kappa shape index (κ2) is 4.97. The first-order valence-corrected chi connectivity index (χ1v) is 5.35. The molecule has 17 heavy (non-hydrogen) atoms. The predicted molar refractivity (Wildman–Crippen MR) is 61.7 cm³/mol. The Balaban J connectivity index is 1.98. The maximum Gasteiger partial charge on any atom is 0.270 e. The molecule has 0 spiro atoms. The quantitative estimate of drug-likeness (QED) is 0.906. The van der Waals surface area contributed by atoms with Crippen molar-refractivity contribution in [3.8, 4) is 0 Å². The van der Waals surface area contributed by atoms with Crippen LogP contribution in [0.1, 0.15) is 21.9 Å². The Bertz CT molecular complexity index is 539. The van der Waals surface area contributed by atoms with Gasteiger partial charge in [0.05, 0.1) is 6.54 Å². The van der Waals surface area contributed by atoms with Crippen LogP contribution < -0.4 is 5.32 Å². The lowest BCUT2D eigenvalue weighted by molar-refractivity contribution is 0.0945. The normalized spacial score (nSPS) is 10.2. The molecule has 1 amide bonds. The fourth-order valence-corrected chi connectivity index (χ4v) is 1.45. The molecular weight excluding hydrogens is 242 g/mol. The Labute approximate surface area is 103 Å². The Morgan fingerprint density at radius 3 is 3.00 bits per heavy atom. The molecule has 0 saturated carbocycles. The van der Waals surface area contributed by atoms with Crippen molar-refractivity contribution in [3.05, 3.63) is 46.6 Å². The van der Waals surface area contributed by atoms with Crippen LogP contribution >= 0.6 is 11.6 Å². The van der Waals surface area contributed by atoms with E-state index in [9.17, 15) is 4.79 Å². The number of halogens is 1. The fourth-order valence-electron chi connectivity index (χ4n) is 1.29. The maximum absolute atomic E-state index is 11.7. The van der Waals surface area contributed by atoms with Crippen LogP contribution in [0.3, 0.4) is 0 Å². The Morgan fingerprint density at radius 2 is 2.35 bits per heavy atom. The second-order valence-corrected chi connectivity index (χ2v) is 3.91. The number of carbonyl (C=O) groups is 1. The van der Waals surface area contributed by atoms with Gasteiger partial charge in [0.15, 0.2) is 0 Å². The average Bonchev–Trinajstić information content (AvgIpc) is 2.72. The largest absolute Gasteiger partial charge is 0.361 e. The summed E-state index contributed by atoms with van der Waals surface area (Å²) in [6.45, 7) is 2.08. The van der Waals surface area contributed by atoms with E-state index in [1.807, 2.05) is 0 Å². The SMILES string of the molecule is Cc1cc(CNC(=O)c2cc(Cl)ccn2)no1. The van der Waals surface area contributed by atoms with E-state index in [2.05, 4.69) is 15.5 Å². The number of pyridine rings is 1. The van der Waals surface area contributed by atoms with Gasteiger partial charge in [-0.15, -0.1) is 0 Å². The second-order valence-electron chi connectivity index (χ2n) is 3.47. The van der Waals surface area contributed by atoms with E-state index in [0.717, 1.165) is 0 Å². The molecule has 0 aliphatic rings. The molecular formula is C11H10ClN3O2. The highest BCUT2D eigenvalue weighted by Crippen LogP contribution is 2.08. The summed E-state index contributed by atoms with van der Waals surface area (Å²) in [6.07, 6.45) is 1.48. The Morgan fingerprint density at radius 1 is 1.53 bits per heavy atom. The first-order valence-electron chi connectivity index (χ1n) is 4.97. The van der Waals surface area contributed by atoms with Crippen LogP contribution in [0.2, 0.25) is 5.02 Å². The van der Waals surface area contributed by atoms with E-state index in [1.165, 1.54) is 12.3 Å². The Hall–Kier alpha value is -1.88. The lowest BCUT2D eigenvalue weighted by Gasteiger charge is -2.01. The molecule has 0 aromatic carbocycles. The molecule has 2 heterocycles. The summed E-state index contributed by atoms with van der Waals surface area (Å²) >= 11 is 5.76. The van der Waals surface area contributed by atoms with Gasteiger partial charge in [0.25, 0.3) is 5.91 Å². The summed E-state index contributed by atoms with van der Waals surface area (Å²) in [5, 5.41) is 6.91. The highest BCUT2D eigenvalue weighted by atomic mass is 35.5. The summed E-state index contributed by atoms with van der Waals surface area (Å²) < 4.78 is 4.88. The first-order chi connectivity index (χ1) is 8.15. The van der Waals surface area contributed by atoms with Crippen molar-refractivity contribution in [2.45, 2.75) is 13.5 Å². The molecule has 0 unspecified atom stereocenters. The van der Waals surface area contributed by atoms with E-state index in [0.29, 0.717) is 23.0 Å². The summed E-state index contributed by atoms with van der Waals surface area (Å²) in [4.78, 5) is 15.6. The molecule has 0 bridgehead atoms. The molecule has 0 aliphatic heterocycles. The van der Waals surface area contributed by atoms with E-state index in [4.69, 9.17) is 16.1 Å². The van der Waals surface area contributed by atoms with Gasteiger partial charge in [-0.1, -0.05) is 16.8 Å². The summed E-state index contributed by atoms with van der Waals surface area (Å²) in [6, 6.07) is 4.87. The van der Waals surface area contributed by atoms with Gasteiger partial charge in [-0.2, -0.15) is 0 Å². The highest BCUT2D eigenvalue weighted by Gasteiger charge is 2.08. The summed E-state index contributed by atoms with van der Waals surface area (Å²) in [5.41, 5.74) is 0.940. The monoisotopic (exact) mass is 251 g/mol. The average molecular weight is 252 g/mol. The maximum atomic E-state index is 11.7. The number of amides is 1. The van der Waals surface area contributed by atoms with Crippen LogP contribution in [0.4, 0.5) is 0 Å². The third-order valence-electron chi connectivity index (χ3n) is 2.06. The molecule has 6 heteroatoms. The van der Waals surface area contributed by atoms with Crippen LogP contribution in [-0.2, 0) is 6.54 Å². The number of aromatic nitrogens is 2. The third-order valence-corrected chi connectivity index (χ3v) is 2.30. The molecule has 0 aliphatic carbocycles. The van der Waals surface area contributed by atoms with E-state index in [1.54, 1.807) is 19.1 Å². The van der Waals surface area contributed by atoms with E-state index in [-0.39, 0.29) is 11.6 Å². The first kappa shape index (κ1) is 11.6. The smallest absolute Gasteiger partial charge is 0.270 e. The standard InChI is InChI=1S/C11H10ClN3O2/c1-7-4-9(15-17-7)6-14-11(16)10-5-8(12)2-3-13-10/h2-5H,6H2,1H3,(H,14,16). The van der Waals surface area contributed by atoms with Crippen LogP contribution in [0, 0.1) is 6.92 Å². The number of carbonyl (C=O) groups excluding carboxylic acids is 1. The molecule has 0 fully saturated rings. The van der Waals surface area contributed by atoms with Gasteiger partial charge in [-0.3, -0.25) is 9.78 Å². The number of nitrogens with one attached hydrogen (secondary N) is 1. The summed E-state index contributed by atoms with van der Waals surface area (Å²) in [7, 11) is 0. The molecule has 5 nitrogen and oxygen atoms in total.